The summed E-state index contributed by atoms with van der Waals surface area (Å²) in [6, 6.07) is 6.05. The average molecular weight is 282 g/mol. The van der Waals surface area contributed by atoms with Gasteiger partial charge in [-0.05, 0) is 25.1 Å². The van der Waals surface area contributed by atoms with Crippen LogP contribution in [0.4, 0.5) is 10.3 Å². The summed E-state index contributed by atoms with van der Waals surface area (Å²) in [7, 11) is 0. The summed E-state index contributed by atoms with van der Waals surface area (Å²) >= 11 is 0. The molecule has 3 rings (SSSR count). The minimum Gasteiger partial charge on any atom is -0.354 e. The van der Waals surface area contributed by atoms with E-state index in [1.54, 1.807) is 12.3 Å². The number of halogens is 1. The molecule has 0 spiro atoms. The Hall–Kier alpha value is -3.01. The van der Waals surface area contributed by atoms with E-state index in [4.69, 9.17) is 5.26 Å². The van der Waals surface area contributed by atoms with Crippen molar-refractivity contribution in [3.05, 3.63) is 35.8 Å². The predicted octanol–water partition coefficient (Wildman–Crippen LogP) is 2.46. The predicted molar refractivity (Wildman–Crippen MR) is 76.0 cm³/mol. The Labute approximate surface area is 119 Å². The number of nitriles is 1. The first-order chi connectivity index (χ1) is 10.2. The maximum Gasteiger partial charge on any atom is 0.225 e. The van der Waals surface area contributed by atoms with Gasteiger partial charge in [0.05, 0.1) is 28.9 Å². The van der Waals surface area contributed by atoms with Gasteiger partial charge in [-0.3, -0.25) is 5.10 Å². The fourth-order valence-electron chi connectivity index (χ4n) is 2.08. The number of aromatic nitrogens is 4. The molecular weight excluding hydrogens is 271 g/mol. The summed E-state index contributed by atoms with van der Waals surface area (Å²) in [5.41, 5.74) is 1.84. The molecule has 2 N–H and O–H groups in total. The number of aromatic amines is 1. The largest absolute Gasteiger partial charge is 0.354 e. The Kier molecular flexibility index (Phi) is 3.20. The molecule has 0 aliphatic carbocycles. The Morgan fingerprint density at radius 3 is 2.95 bits per heavy atom. The van der Waals surface area contributed by atoms with Crippen LogP contribution in [0.25, 0.3) is 22.3 Å². The van der Waals surface area contributed by atoms with E-state index in [-0.39, 0.29) is 5.56 Å². The highest BCUT2D eigenvalue weighted by Gasteiger charge is 2.13. The molecule has 0 bridgehead atoms. The fraction of sp³-hybridized carbons (Fsp3) is 0.143. The Balaban J connectivity index is 2.25. The first-order valence-corrected chi connectivity index (χ1v) is 6.37. The number of hydrogen-bond donors (Lipinski definition) is 2. The molecule has 2 heterocycles. The molecule has 0 saturated heterocycles. The lowest BCUT2D eigenvalue weighted by atomic mass is 10.1. The van der Waals surface area contributed by atoms with Gasteiger partial charge < -0.3 is 5.32 Å². The second-order valence-electron chi connectivity index (χ2n) is 4.40. The van der Waals surface area contributed by atoms with Gasteiger partial charge in [-0.1, -0.05) is 0 Å². The Bertz CT molecular complexity index is 848. The third kappa shape index (κ3) is 2.39. The molecule has 21 heavy (non-hydrogen) atoms. The molecule has 0 atom stereocenters. The zero-order chi connectivity index (χ0) is 14.8. The van der Waals surface area contributed by atoms with E-state index >= 15 is 0 Å². The lowest BCUT2D eigenvalue weighted by Crippen LogP contribution is -2.03. The van der Waals surface area contributed by atoms with Crippen LogP contribution in [-0.4, -0.2) is 26.7 Å². The molecule has 0 unspecified atom stereocenters. The molecule has 7 heteroatoms. The van der Waals surface area contributed by atoms with Gasteiger partial charge in [-0.15, -0.1) is 0 Å². The van der Waals surface area contributed by atoms with E-state index in [0.29, 0.717) is 34.8 Å². The number of hydrogen-bond acceptors (Lipinski definition) is 5. The molecule has 3 aromatic rings. The van der Waals surface area contributed by atoms with Crippen molar-refractivity contribution in [1.29, 1.82) is 5.26 Å². The quantitative estimate of drug-likeness (QED) is 0.770. The molecule has 104 valence electrons. The zero-order valence-corrected chi connectivity index (χ0v) is 11.2. The molecule has 6 nitrogen and oxygen atoms in total. The summed E-state index contributed by atoms with van der Waals surface area (Å²) in [5.74, 6) is -0.0590. The first kappa shape index (κ1) is 13.0. The number of nitrogens with zero attached hydrogens (tertiary/aromatic N) is 4. The summed E-state index contributed by atoms with van der Waals surface area (Å²) in [4.78, 5) is 8.67. The smallest absolute Gasteiger partial charge is 0.225 e. The highest BCUT2D eigenvalue weighted by Crippen LogP contribution is 2.27. The molecule has 2 aromatic heterocycles. The molecule has 0 saturated carbocycles. The minimum absolute atomic E-state index is 0.241. The zero-order valence-electron chi connectivity index (χ0n) is 11.2. The molecule has 1 aromatic carbocycles. The molecule has 0 fully saturated rings. The van der Waals surface area contributed by atoms with Gasteiger partial charge in [-0.2, -0.15) is 15.3 Å². The third-order valence-electron chi connectivity index (χ3n) is 2.94. The lowest BCUT2D eigenvalue weighted by molar-refractivity contribution is 0.628. The van der Waals surface area contributed by atoms with Crippen molar-refractivity contribution >= 4 is 17.0 Å². The van der Waals surface area contributed by atoms with Crippen LogP contribution in [0.2, 0.25) is 0 Å². The topological polar surface area (TPSA) is 90.3 Å². The van der Waals surface area contributed by atoms with Crippen LogP contribution in [0.1, 0.15) is 12.5 Å². The maximum absolute atomic E-state index is 13.6. The second kappa shape index (κ2) is 5.17. The van der Waals surface area contributed by atoms with Crippen LogP contribution in [0, 0.1) is 17.1 Å². The number of H-pyrrole nitrogens is 1. The van der Waals surface area contributed by atoms with E-state index in [9.17, 15) is 4.39 Å². The standard InChI is InChI=1S/C14H11FN6/c1-2-17-14-19-12(11-7-18-21-13(11)20-14)9-3-8(6-16)4-10(15)5-9/h3-5,7H,2H2,1H3,(H2,17,18,19,20,21). The van der Waals surface area contributed by atoms with Crippen LogP contribution in [0.15, 0.2) is 24.4 Å². The molecule has 0 radical (unpaired) electrons. The van der Waals surface area contributed by atoms with Crippen molar-refractivity contribution < 1.29 is 4.39 Å². The highest BCUT2D eigenvalue weighted by molar-refractivity contribution is 5.90. The van der Waals surface area contributed by atoms with E-state index < -0.39 is 5.82 Å². The van der Waals surface area contributed by atoms with Crippen molar-refractivity contribution in [2.45, 2.75) is 6.92 Å². The van der Waals surface area contributed by atoms with Crippen LogP contribution in [-0.2, 0) is 0 Å². The molecular formula is C14H11FN6. The van der Waals surface area contributed by atoms with Gasteiger partial charge in [0.2, 0.25) is 5.95 Å². The number of anilines is 1. The first-order valence-electron chi connectivity index (χ1n) is 6.37. The van der Waals surface area contributed by atoms with Crippen molar-refractivity contribution in [2.75, 3.05) is 11.9 Å². The third-order valence-corrected chi connectivity index (χ3v) is 2.94. The molecule has 0 aliphatic rings. The van der Waals surface area contributed by atoms with Crippen LogP contribution in [0.3, 0.4) is 0 Å². The summed E-state index contributed by atoms with van der Waals surface area (Å²) in [6.45, 7) is 2.59. The Morgan fingerprint density at radius 2 is 2.19 bits per heavy atom. The number of benzene rings is 1. The van der Waals surface area contributed by atoms with Crippen LogP contribution < -0.4 is 5.32 Å². The van der Waals surface area contributed by atoms with E-state index in [0.717, 1.165) is 0 Å². The number of fused-ring (bicyclic) bond motifs is 1. The number of nitrogens with one attached hydrogen (secondary N) is 2. The summed E-state index contributed by atoms with van der Waals surface area (Å²) in [6.07, 6.45) is 1.58. The van der Waals surface area contributed by atoms with Crippen molar-refractivity contribution in [3.8, 4) is 17.3 Å². The van der Waals surface area contributed by atoms with E-state index in [1.807, 2.05) is 13.0 Å². The summed E-state index contributed by atoms with van der Waals surface area (Å²) < 4.78 is 13.6. The van der Waals surface area contributed by atoms with Crippen LogP contribution in [0.5, 0.6) is 0 Å². The summed E-state index contributed by atoms with van der Waals surface area (Å²) in [5, 5.41) is 19.4. The van der Waals surface area contributed by atoms with Crippen molar-refractivity contribution in [2.24, 2.45) is 0 Å². The van der Waals surface area contributed by atoms with Crippen molar-refractivity contribution in [1.82, 2.24) is 20.2 Å². The minimum atomic E-state index is -0.482. The molecule has 0 amide bonds. The van der Waals surface area contributed by atoms with Gasteiger partial charge in [-0.25, -0.2) is 9.37 Å². The van der Waals surface area contributed by atoms with E-state index in [2.05, 4.69) is 25.5 Å². The maximum atomic E-state index is 13.6. The van der Waals surface area contributed by atoms with E-state index in [1.165, 1.54) is 12.1 Å². The normalized spacial score (nSPS) is 10.5. The second-order valence-corrected chi connectivity index (χ2v) is 4.40. The van der Waals surface area contributed by atoms with Crippen molar-refractivity contribution in [3.63, 3.8) is 0 Å². The van der Waals surface area contributed by atoms with Gasteiger partial charge in [0.15, 0.2) is 5.65 Å². The monoisotopic (exact) mass is 282 g/mol. The highest BCUT2D eigenvalue weighted by atomic mass is 19.1. The number of rotatable bonds is 3. The van der Waals surface area contributed by atoms with Gasteiger partial charge >= 0.3 is 0 Å². The van der Waals surface area contributed by atoms with Gasteiger partial charge in [0.1, 0.15) is 5.82 Å². The van der Waals surface area contributed by atoms with Crippen LogP contribution >= 0.6 is 0 Å². The average Bonchev–Trinajstić information content (AvgIpc) is 2.94. The lowest BCUT2D eigenvalue weighted by Gasteiger charge is -2.07. The SMILES string of the molecule is CCNc1nc(-c2cc(F)cc(C#N)c2)c2cn[nH]c2n1. The fourth-order valence-corrected chi connectivity index (χ4v) is 2.08. The van der Waals surface area contributed by atoms with Gasteiger partial charge in [0, 0.05) is 12.1 Å². The molecule has 0 aliphatic heterocycles. The van der Waals surface area contributed by atoms with Gasteiger partial charge in [0.25, 0.3) is 0 Å². The Morgan fingerprint density at radius 1 is 1.33 bits per heavy atom.